The fourth-order valence-electron chi connectivity index (χ4n) is 2.61. The first-order valence-corrected chi connectivity index (χ1v) is 9.22. The minimum Gasteiger partial charge on any atom is -0.497 e. The highest BCUT2D eigenvalue weighted by atomic mass is 32.2. The lowest BCUT2D eigenvalue weighted by molar-refractivity contribution is 0.0527. The first-order chi connectivity index (χ1) is 11.8. The van der Waals surface area contributed by atoms with Gasteiger partial charge in [-0.05, 0) is 56.2 Å². The molecule has 25 heavy (non-hydrogen) atoms. The van der Waals surface area contributed by atoms with Crippen LogP contribution in [0.25, 0.3) is 0 Å². The maximum Gasteiger partial charge on any atom is 0.340 e. The second-order valence-corrected chi connectivity index (χ2v) is 7.08. The van der Waals surface area contributed by atoms with Crippen LogP contribution in [-0.4, -0.2) is 28.1 Å². The molecule has 0 aliphatic rings. The quantitative estimate of drug-likeness (QED) is 0.797. The van der Waals surface area contributed by atoms with E-state index >= 15 is 0 Å². The van der Waals surface area contributed by atoms with Gasteiger partial charge in [0, 0.05) is 0 Å². The SMILES string of the molecule is CCOC(=O)c1ccccc1NS(=O)(=O)c1c(C)cc(OC)cc1C. The molecule has 0 saturated carbocycles. The second-order valence-electron chi connectivity index (χ2n) is 5.46. The van der Waals surface area contributed by atoms with Crippen LogP contribution in [0.5, 0.6) is 5.75 Å². The van der Waals surface area contributed by atoms with E-state index in [1.807, 2.05) is 0 Å². The fraction of sp³-hybridized carbons (Fsp3) is 0.278. The Kier molecular flexibility index (Phi) is 5.69. The lowest BCUT2D eigenvalue weighted by Gasteiger charge is -2.16. The fourth-order valence-corrected chi connectivity index (χ4v) is 4.14. The minimum absolute atomic E-state index is 0.159. The molecule has 134 valence electrons. The number of esters is 1. The van der Waals surface area contributed by atoms with Gasteiger partial charge in [-0.3, -0.25) is 4.72 Å². The van der Waals surface area contributed by atoms with Crippen LogP contribution in [0, 0.1) is 13.8 Å². The van der Waals surface area contributed by atoms with Gasteiger partial charge in [0.15, 0.2) is 0 Å². The first-order valence-electron chi connectivity index (χ1n) is 7.74. The molecule has 0 fully saturated rings. The van der Waals surface area contributed by atoms with Crippen molar-refractivity contribution in [3.8, 4) is 5.75 Å². The smallest absolute Gasteiger partial charge is 0.340 e. The minimum atomic E-state index is -3.88. The molecular formula is C18H21NO5S. The van der Waals surface area contributed by atoms with Crippen molar-refractivity contribution >= 4 is 21.7 Å². The molecule has 0 radical (unpaired) electrons. The van der Waals surface area contributed by atoms with Crippen molar-refractivity contribution in [2.24, 2.45) is 0 Å². The maximum atomic E-state index is 12.9. The van der Waals surface area contributed by atoms with E-state index in [2.05, 4.69) is 4.72 Å². The number of nitrogens with one attached hydrogen (secondary N) is 1. The normalized spacial score (nSPS) is 11.0. The molecule has 2 aromatic carbocycles. The zero-order valence-corrected chi connectivity index (χ0v) is 15.4. The molecule has 0 heterocycles. The zero-order valence-electron chi connectivity index (χ0n) is 14.6. The monoisotopic (exact) mass is 363 g/mol. The summed E-state index contributed by atoms with van der Waals surface area (Å²) in [6.45, 7) is 5.29. The average molecular weight is 363 g/mol. The van der Waals surface area contributed by atoms with Crippen molar-refractivity contribution in [1.82, 2.24) is 0 Å². The number of anilines is 1. The number of hydrogen-bond donors (Lipinski definition) is 1. The highest BCUT2D eigenvalue weighted by molar-refractivity contribution is 7.92. The number of sulfonamides is 1. The summed E-state index contributed by atoms with van der Waals surface area (Å²) in [5.41, 5.74) is 1.45. The molecule has 0 aliphatic carbocycles. The molecule has 0 amide bonds. The van der Waals surface area contributed by atoms with E-state index in [-0.39, 0.29) is 22.8 Å². The Morgan fingerprint density at radius 1 is 1.12 bits per heavy atom. The largest absolute Gasteiger partial charge is 0.497 e. The van der Waals surface area contributed by atoms with E-state index in [4.69, 9.17) is 9.47 Å². The summed E-state index contributed by atoms with van der Waals surface area (Å²) in [5, 5.41) is 0. The molecule has 0 saturated heterocycles. The Bertz CT molecular complexity index is 867. The molecule has 6 nitrogen and oxygen atoms in total. The number of carbonyl (C=O) groups is 1. The van der Waals surface area contributed by atoms with Crippen molar-refractivity contribution in [3.63, 3.8) is 0 Å². The number of para-hydroxylation sites is 1. The van der Waals surface area contributed by atoms with Crippen molar-refractivity contribution in [2.75, 3.05) is 18.4 Å². The average Bonchev–Trinajstić information content (AvgIpc) is 2.54. The molecule has 0 atom stereocenters. The molecule has 2 aromatic rings. The predicted octanol–water partition coefficient (Wildman–Crippen LogP) is 3.29. The topological polar surface area (TPSA) is 81.7 Å². The summed E-state index contributed by atoms with van der Waals surface area (Å²) in [6.07, 6.45) is 0. The van der Waals surface area contributed by atoms with Crippen LogP contribution < -0.4 is 9.46 Å². The van der Waals surface area contributed by atoms with Crippen LogP contribution in [-0.2, 0) is 14.8 Å². The summed E-state index contributed by atoms with van der Waals surface area (Å²) in [4.78, 5) is 12.2. The summed E-state index contributed by atoms with van der Waals surface area (Å²) in [7, 11) is -2.36. The van der Waals surface area contributed by atoms with Gasteiger partial charge in [-0.15, -0.1) is 0 Å². The highest BCUT2D eigenvalue weighted by Crippen LogP contribution is 2.28. The van der Waals surface area contributed by atoms with Gasteiger partial charge >= 0.3 is 5.97 Å². The highest BCUT2D eigenvalue weighted by Gasteiger charge is 2.23. The maximum absolute atomic E-state index is 12.9. The van der Waals surface area contributed by atoms with E-state index in [0.717, 1.165) is 0 Å². The van der Waals surface area contributed by atoms with Crippen LogP contribution in [0.4, 0.5) is 5.69 Å². The van der Waals surface area contributed by atoms with Gasteiger partial charge in [0.2, 0.25) is 0 Å². The molecule has 0 aliphatic heterocycles. The molecule has 0 spiro atoms. The van der Waals surface area contributed by atoms with Gasteiger partial charge in [0.05, 0.1) is 29.9 Å². The van der Waals surface area contributed by atoms with E-state index < -0.39 is 16.0 Å². The van der Waals surface area contributed by atoms with Gasteiger partial charge in [-0.25, -0.2) is 13.2 Å². The third-order valence-electron chi connectivity index (χ3n) is 3.61. The van der Waals surface area contributed by atoms with Gasteiger partial charge in [0.1, 0.15) is 5.75 Å². The Morgan fingerprint density at radius 2 is 1.72 bits per heavy atom. The molecule has 0 aromatic heterocycles. The first kappa shape index (κ1) is 18.8. The summed E-state index contributed by atoms with van der Waals surface area (Å²) >= 11 is 0. The van der Waals surface area contributed by atoms with Gasteiger partial charge in [0.25, 0.3) is 10.0 Å². The molecule has 0 bridgehead atoms. The second kappa shape index (κ2) is 7.57. The van der Waals surface area contributed by atoms with Crippen molar-refractivity contribution in [1.29, 1.82) is 0 Å². The lowest BCUT2D eigenvalue weighted by atomic mass is 10.1. The van der Waals surface area contributed by atoms with Crippen molar-refractivity contribution in [2.45, 2.75) is 25.7 Å². The van der Waals surface area contributed by atoms with Crippen LogP contribution in [0.1, 0.15) is 28.4 Å². The standard InChI is InChI=1S/C18H21NO5S/c1-5-24-18(20)15-8-6-7-9-16(15)19-25(21,22)17-12(2)10-14(23-4)11-13(17)3/h6-11,19H,5H2,1-4H3. The Hall–Kier alpha value is -2.54. The molecular weight excluding hydrogens is 342 g/mol. The van der Waals surface area contributed by atoms with Gasteiger partial charge < -0.3 is 9.47 Å². The van der Waals surface area contributed by atoms with E-state index in [1.54, 1.807) is 45.0 Å². The van der Waals surface area contributed by atoms with Crippen molar-refractivity contribution < 1.29 is 22.7 Å². The van der Waals surface area contributed by atoms with Crippen LogP contribution >= 0.6 is 0 Å². The number of methoxy groups -OCH3 is 1. The Morgan fingerprint density at radius 3 is 2.28 bits per heavy atom. The van der Waals surface area contributed by atoms with E-state index in [0.29, 0.717) is 16.9 Å². The van der Waals surface area contributed by atoms with Crippen LogP contribution in [0.15, 0.2) is 41.3 Å². The summed E-state index contributed by atoms with van der Waals surface area (Å²) < 4.78 is 38.4. The summed E-state index contributed by atoms with van der Waals surface area (Å²) in [5.74, 6) is 0.00449. The molecule has 2 rings (SSSR count). The van der Waals surface area contributed by atoms with Gasteiger partial charge in [-0.2, -0.15) is 0 Å². The van der Waals surface area contributed by atoms with Gasteiger partial charge in [-0.1, -0.05) is 12.1 Å². The third-order valence-corrected chi connectivity index (χ3v) is 5.28. The third kappa shape index (κ3) is 4.11. The van der Waals surface area contributed by atoms with Crippen LogP contribution in [0.2, 0.25) is 0 Å². The Balaban J connectivity index is 2.46. The number of hydrogen-bond acceptors (Lipinski definition) is 5. The molecule has 1 N–H and O–H groups in total. The number of rotatable bonds is 6. The summed E-state index contributed by atoms with van der Waals surface area (Å²) in [6, 6.07) is 9.64. The number of ether oxygens (including phenoxy) is 2. The number of aryl methyl sites for hydroxylation is 2. The Labute approximate surface area is 147 Å². The zero-order chi connectivity index (χ0) is 18.6. The number of benzene rings is 2. The van der Waals surface area contributed by atoms with Crippen molar-refractivity contribution in [3.05, 3.63) is 53.1 Å². The predicted molar refractivity (Wildman–Crippen MR) is 95.7 cm³/mol. The molecule has 0 unspecified atom stereocenters. The lowest BCUT2D eigenvalue weighted by Crippen LogP contribution is -2.18. The molecule has 7 heteroatoms. The number of carbonyl (C=O) groups excluding carboxylic acids is 1. The van der Waals surface area contributed by atoms with E-state index in [9.17, 15) is 13.2 Å². The van der Waals surface area contributed by atoms with Crippen LogP contribution in [0.3, 0.4) is 0 Å². The van der Waals surface area contributed by atoms with E-state index in [1.165, 1.54) is 19.2 Å².